The van der Waals surface area contributed by atoms with Crippen molar-refractivity contribution in [2.45, 2.75) is 85.7 Å². The van der Waals surface area contributed by atoms with Gasteiger partial charge in [0.25, 0.3) is 0 Å². The largest absolute Gasteiger partial charge is 0.351 e. The quantitative estimate of drug-likeness (QED) is 0.552. The van der Waals surface area contributed by atoms with Crippen LogP contribution in [0.1, 0.15) is 70.7 Å². The van der Waals surface area contributed by atoms with Gasteiger partial charge in [0.1, 0.15) is 6.54 Å². The summed E-state index contributed by atoms with van der Waals surface area (Å²) in [5.41, 5.74) is 1.98. The minimum absolute atomic E-state index is 0.0424. The Labute approximate surface area is 154 Å². The maximum Gasteiger partial charge on any atom is 0.241 e. The molecular formula is C20H38N4O. The van der Waals surface area contributed by atoms with Gasteiger partial charge in [-0.2, -0.15) is 5.10 Å². The summed E-state index contributed by atoms with van der Waals surface area (Å²) in [6.45, 7) is 14.0. The number of nitrogens with one attached hydrogen (secondary N) is 1. The number of carbonyl (C=O) groups is 1. The molecule has 0 radical (unpaired) electrons. The van der Waals surface area contributed by atoms with Crippen molar-refractivity contribution in [3.8, 4) is 0 Å². The number of rotatable bonds is 13. The molecule has 0 aliphatic heterocycles. The molecule has 1 rings (SSSR count). The average Bonchev–Trinajstić information content (AvgIpc) is 2.84. The molecule has 0 aliphatic carbocycles. The first-order valence-electron chi connectivity index (χ1n) is 9.99. The van der Waals surface area contributed by atoms with Gasteiger partial charge in [-0.3, -0.25) is 9.48 Å². The highest BCUT2D eigenvalue weighted by atomic mass is 16.2. The highest BCUT2D eigenvalue weighted by Gasteiger charge is 2.14. The minimum Gasteiger partial charge on any atom is -0.351 e. The van der Waals surface area contributed by atoms with Crippen LogP contribution in [0.25, 0.3) is 0 Å². The molecule has 1 aromatic heterocycles. The SMILES string of the molecule is CCCCCN(CCCCC)CC(C)NC(=O)Cn1nc(C)cc1C. The zero-order chi connectivity index (χ0) is 18.7. The molecule has 0 saturated heterocycles. The molecule has 0 saturated carbocycles. The standard InChI is InChI=1S/C20H38N4O/c1-6-8-10-12-23(13-11-9-7-2)15-18(4)21-20(25)16-24-19(5)14-17(3)22-24/h14,18H,6-13,15-16H2,1-5H3,(H,21,25). The Hall–Kier alpha value is -1.36. The first-order chi connectivity index (χ1) is 12.0. The molecule has 0 aromatic carbocycles. The van der Waals surface area contributed by atoms with Crippen LogP contribution >= 0.6 is 0 Å². The number of nitrogens with zero attached hydrogens (tertiary/aromatic N) is 3. The molecule has 144 valence electrons. The van der Waals surface area contributed by atoms with E-state index in [1.54, 1.807) is 4.68 Å². The first-order valence-corrected chi connectivity index (χ1v) is 9.99. The number of aryl methyl sites for hydroxylation is 2. The summed E-state index contributed by atoms with van der Waals surface area (Å²) in [5, 5.41) is 7.50. The Bertz CT molecular complexity index is 488. The van der Waals surface area contributed by atoms with Gasteiger partial charge in [0, 0.05) is 18.3 Å². The smallest absolute Gasteiger partial charge is 0.241 e. The average molecular weight is 351 g/mol. The fourth-order valence-electron chi connectivity index (χ4n) is 3.19. The lowest BCUT2D eigenvalue weighted by molar-refractivity contribution is -0.122. The zero-order valence-corrected chi connectivity index (χ0v) is 17.0. The van der Waals surface area contributed by atoms with Gasteiger partial charge in [-0.15, -0.1) is 0 Å². The second-order valence-corrected chi connectivity index (χ2v) is 7.27. The van der Waals surface area contributed by atoms with E-state index in [0.717, 1.165) is 31.0 Å². The number of amides is 1. The molecule has 0 spiro atoms. The Morgan fingerprint density at radius 1 is 1.16 bits per heavy atom. The van der Waals surface area contributed by atoms with Crippen LogP contribution in [0.4, 0.5) is 0 Å². The third-order valence-electron chi connectivity index (χ3n) is 4.49. The van der Waals surface area contributed by atoms with E-state index in [-0.39, 0.29) is 11.9 Å². The van der Waals surface area contributed by atoms with E-state index >= 15 is 0 Å². The molecule has 1 heterocycles. The topological polar surface area (TPSA) is 50.2 Å². The molecule has 1 amide bonds. The summed E-state index contributed by atoms with van der Waals surface area (Å²) < 4.78 is 1.78. The molecule has 1 atom stereocenters. The lowest BCUT2D eigenvalue weighted by Crippen LogP contribution is -2.43. The third kappa shape index (κ3) is 9.05. The van der Waals surface area contributed by atoms with Gasteiger partial charge < -0.3 is 10.2 Å². The summed E-state index contributed by atoms with van der Waals surface area (Å²) in [6.07, 6.45) is 7.55. The molecule has 0 fully saturated rings. The first kappa shape index (κ1) is 21.7. The molecule has 5 nitrogen and oxygen atoms in total. The summed E-state index contributed by atoms with van der Waals surface area (Å²) in [7, 11) is 0. The second kappa shape index (κ2) is 12.1. The van der Waals surface area contributed by atoms with Gasteiger partial charge in [0.05, 0.1) is 5.69 Å². The third-order valence-corrected chi connectivity index (χ3v) is 4.49. The van der Waals surface area contributed by atoms with Crippen molar-refractivity contribution in [3.63, 3.8) is 0 Å². The predicted molar refractivity (Wildman–Crippen MR) is 105 cm³/mol. The number of unbranched alkanes of at least 4 members (excludes halogenated alkanes) is 4. The van der Waals surface area contributed by atoms with Gasteiger partial charge in [-0.05, 0) is 52.8 Å². The predicted octanol–water partition coefficient (Wildman–Crippen LogP) is 3.69. The number of carbonyl (C=O) groups excluding carboxylic acids is 1. The van der Waals surface area contributed by atoms with Crippen molar-refractivity contribution >= 4 is 5.91 Å². The van der Waals surface area contributed by atoms with E-state index in [2.05, 4.69) is 36.1 Å². The Kier molecular flexibility index (Phi) is 10.5. The second-order valence-electron chi connectivity index (χ2n) is 7.27. The Morgan fingerprint density at radius 2 is 1.76 bits per heavy atom. The van der Waals surface area contributed by atoms with Crippen LogP contribution in [0.3, 0.4) is 0 Å². The highest BCUT2D eigenvalue weighted by molar-refractivity contribution is 5.76. The normalized spacial score (nSPS) is 12.6. The van der Waals surface area contributed by atoms with Gasteiger partial charge in [-0.25, -0.2) is 0 Å². The van der Waals surface area contributed by atoms with Crippen molar-refractivity contribution < 1.29 is 4.79 Å². The van der Waals surface area contributed by atoms with E-state index in [1.807, 2.05) is 19.9 Å². The Balaban J connectivity index is 2.43. The van der Waals surface area contributed by atoms with Crippen molar-refractivity contribution in [1.82, 2.24) is 20.0 Å². The van der Waals surface area contributed by atoms with Crippen LogP contribution in [-0.4, -0.2) is 46.3 Å². The number of aromatic nitrogens is 2. The van der Waals surface area contributed by atoms with Crippen LogP contribution in [0.2, 0.25) is 0 Å². The van der Waals surface area contributed by atoms with Gasteiger partial charge in [0.2, 0.25) is 5.91 Å². The molecule has 25 heavy (non-hydrogen) atoms. The van der Waals surface area contributed by atoms with E-state index in [0.29, 0.717) is 6.54 Å². The van der Waals surface area contributed by atoms with Crippen LogP contribution in [-0.2, 0) is 11.3 Å². The van der Waals surface area contributed by atoms with Crippen LogP contribution in [0.15, 0.2) is 6.07 Å². The van der Waals surface area contributed by atoms with Crippen molar-refractivity contribution in [1.29, 1.82) is 0 Å². The van der Waals surface area contributed by atoms with E-state index in [1.165, 1.54) is 38.5 Å². The van der Waals surface area contributed by atoms with Crippen LogP contribution in [0, 0.1) is 13.8 Å². The lowest BCUT2D eigenvalue weighted by Gasteiger charge is -2.26. The monoisotopic (exact) mass is 350 g/mol. The summed E-state index contributed by atoms with van der Waals surface area (Å²) in [4.78, 5) is 14.8. The van der Waals surface area contributed by atoms with Crippen molar-refractivity contribution in [3.05, 3.63) is 17.5 Å². The molecular weight excluding hydrogens is 312 g/mol. The van der Waals surface area contributed by atoms with Gasteiger partial charge >= 0.3 is 0 Å². The summed E-state index contributed by atoms with van der Waals surface area (Å²) >= 11 is 0. The minimum atomic E-state index is 0.0424. The van der Waals surface area contributed by atoms with Crippen molar-refractivity contribution in [2.75, 3.05) is 19.6 Å². The molecule has 0 aliphatic rings. The van der Waals surface area contributed by atoms with Crippen LogP contribution in [0.5, 0.6) is 0 Å². The fourth-order valence-corrected chi connectivity index (χ4v) is 3.19. The molecule has 1 N–H and O–H groups in total. The molecule has 1 aromatic rings. The maximum atomic E-state index is 12.3. The van der Waals surface area contributed by atoms with E-state index in [9.17, 15) is 4.79 Å². The molecule has 0 bridgehead atoms. The van der Waals surface area contributed by atoms with E-state index < -0.39 is 0 Å². The number of hydrogen-bond donors (Lipinski definition) is 1. The molecule has 5 heteroatoms. The molecule has 1 unspecified atom stereocenters. The number of hydrogen-bond acceptors (Lipinski definition) is 3. The zero-order valence-electron chi connectivity index (χ0n) is 17.0. The fraction of sp³-hybridized carbons (Fsp3) is 0.800. The van der Waals surface area contributed by atoms with Gasteiger partial charge in [0.15, 0.2) is 0 Å². The highest BCUT2D eigenvalue weighted by Crippen LogP contribution is 2.05. The van der Waals surface area contributed by atoms with Crippen LogP contribution < -0.4 is 5.32 Å². The maximum absolute atomic E-state index is 12.3. The summed E-state index contributed by atoms with van der Waals surface area (Å²) in [5.74, 6) is 0.0424. The Morgan fingerprint density at radius 3 is 2.24 bits per heavy atom. The van der Waals surface area contributed by atoms with Crippen molar-refractivity contribution in [2.24, 2.45) is 0 Å². The summed E-state index contributed by atoms with van der Waals surface area (Å²) in [6, 6.07) is 2.16. The van der Waals surface area contributed by atoms with E-state index in [4.69, 9.17) is 0 Å². The van der Waals surface area contributed by atoms with Gasteiger partial charge in [-0.1, -0.05) is 39.5 Å². The lowest BCUT2D eigenvalue weighted by atomic mass is 10.2.